The molecule has 1 saturated heterocycles. The average molecular weight is 434 g/mol. The van der Waals surface area contributed by atoms with Gasteiger partial charge in [0, 0.05) is 19.5 Å². The Morgan fingerprint density at radius 2 is 1.71 bits per heavy atom. The van der Waals surface area contributed by atoms with Gasteiger partial charge in [0.1, 0.15) is 5.01 Å². The molecule has 158 valence electrons. The van der Waals surface area contributed by atoms with E-state index < -0.39 is 0 Å². The highest BCUT2D eigenvalue weighted by Crippen LogP contribution is 2.36. The quantitative estimate of drug-likeness (QED) is 0.558. The number of carbonyl (C=O) groups excluding carboxylic acids is 3. The van der Waals surface area contributed by atoms with Crippen LogP contribution >= 0.6 is 11.3 Å². The molecule has 3 aromatic rings. The second kappa shape index (κ2) is 8.23. The van der Waals surface area contributed by atoms with Crippen LogP contribution in [0, 0.1) is 0 Å². The van der Waals surface area contributed by atoms with Crippen LogP contribution in [-0.4, -0.2) is 45.6 Å². The van der Waals surface area contributed by atoms with Gasteiger partial charge in [-0.05, 0) is 49.9 Å². The van der Waals surface area contributed by atoms with Crippen LogP contribution in [0.2, 0.25) is 0 Å². The maximum Gasteiger partial charge on any atom is 0.261 e. The van der Waals surface area contributed by atoms with Gasteiger partial charge in [0.25, 0.3) is 11.8 Å². The van der Waals surface area contributed by atoms with Gasteiger partial charge in [0.2, 0.25) is 5.91 Å². The molecule has 2 aliphatic rings. The topological polar surface area (TPSA) is 70.6 Å². The van der Waals surface area contributed by atoms with E-state index in [-0.39, 0.29) is 30.3 Å². The van der Waals surface area contributed by atoms with Crippen LogP contribution < -0.4 is 0 Å². The fourth-order valence-electron chi connectivity index (χ4n) is 4.49. The zero-order valence-corrected chi connectivity index (χ0v) is 17.9. The predicted molar refractivity (Wildman–Crippen MR) is 119 cm³/mol. The molecule has 6 nitrogen and oxygen atoms in total. The van der Waals surface area contributed by atoms with Crippen LogP contribution in [0.5, 0.6) is 0 Å². The SMILES string of the molecule is O=C1c2ccccc2C(=O)N1CCCC(=O)N1CCCC[C@@H]1c1nc2ccccc2s1. The Morgan fingerprint density at radius 3 is 2.45 bits per heavy atom. The van der Waals surface area contributed by atoms with E-state index in [1.165, 1.54) is 4.90 Å². The van der Waals surface area contributed by atoms with Crippen molar-refractivity contribution in [3.63, 3.8) is 0 Å². The van der Waals surface area contributed by atoms with Gasteiger partial charge in [-0.1, -0.05) is 24.3 Å². The standard InChI is InChI=1S/C24H23N3O3S/c28-21(13-7-15-27-23(29)16-8-1-2-9-17(16)24(27)30)26-14-6-5-11-19(26)22-25-18-10-3-4-12-20(18)31-22/h1-4,8-10,12,19H,5-7,11,13-15H2/t19-/m1/s1. The molecule has 0 bridgehead atoms. The zero-order valence-electron chi connectivity index (χ0n) is 17.1. The largest absolute Gasteiger partial charge is 0.333 e. The van der Waals surface area contributed by atoms with Crippen molar-refractivity contribution in [3.05, 3.63) is 64.7 Å². The normalized spacial score (nSPS) is 18.6. The number of nitrogens with zero attached hydrogens (tertiary/aromatic N) is 3. The molecule has 0 aliphatic carbocycles. The first kappa shape index (κ1) is 19.9. The van der Waals surface area contributed by atoms with E-state index in [0.29, 0.717) is 24.0 Å². The van der Waals surface area contributed by atoms with E-state index in [0.717, 1.165) is 41.0 Å². The summed E-state index contributed by atoms with van der Waals surface area (Å²) in [5.41, 5.74) is 1.88. The second-order valence-electron chi connectivity index (χ2n) is 8.03. The smallest absolute Gasteiger partial charge is 0.261 e. The lowest BCUT2D eigenvalue weighted by atomic mass is 10.0. The number of hydrogen-bond donors (Lipinski definition) is 0. The Balaban J connectivity index is 1.24. The summed E-state index contributed by atoms with van der Waals surface area (Å²) >= 11 is 1.66. The maximum atomic E-state index is 13.1. The van der Waals surface area contributed by atoms with Crippen LogP contribution in [0.1, 0.15) is 63.9 Å². The van der Waals surface area contributed by atoms with E-state index in [9.17, 15) is 14.4 Å². The lowest BCUT2D eigenvalue weighted by molar-refractivity contribution is -0.135. The van der Waals surface area contributed by atoms with E-state index >= 15 is 0 Å². The van der Waals surface area contributed by atoms with Gasteiger partial charge in [-0.3, -0.25) is 19.3 Å². The lowest BCUT2D eigenvalue weighted by Gasteiger charge is -2.34. The van der Waals surface area contributed by atoms with Crippen molar-refractivity contribution >= 4 is 39.3 Å². The van der Waals surface area contributed by atoms with Crippen molar-refractivity contribution < 1.29 is 14.4 Å². The molecular weight excluding hydrogens is 410 g/mol. The third-order valence-electron chi connectivity index (χ3n) is 6.07. The number of rotatable bonds is 5. The minimum absolute atomic E-state index is 0.0120. The molecule has 0 spiro atoms. The van der Waals surface area contributed by atoms with Crippen molar-refractivity contribution in [3.8, 4) is 0 Å². The Bertz CT molecular complexity index is 1100. The molecule has 7 heteroatoms. The van der Waals surface area contributed by atoms with Crippen molar-refractivity contribution in [2.24, 2.45) is 0 Å². The van der Waals surface area contributed by atoms with Gasteiger partial charge in [-0.25, -0.2) is 4.98 Å². The van der Waals surface area contributed by atoms with Gasteiger partial charge in [0.05, 0.1) is 27.4 Å². The Labute approximate surface area is 184 Å². The average Bonchev–Trinajstić information content (AvgIpc) is 3.34. The molecule has 5 rings (SSSR count). The van der Waals surface area contributed by atoms with Crippen molar-refractivity contribution in [1.29, 1.82) is 0 Å². The Kier molecular flexibility index (Phi) is 5.28. The number of aromatic nitrogens is 1. The number of imide groups is 1. The van der Waals surface area contributed by atoms with Gasteiger partial charge in [-0.15, -0.1) is 11.3 Å². The number of fused-ring (bicyclic) bond motifs is 2. The van der Waals surface area contributed by atoms with E-state index in [4.69, 9.17) is 4.98 Å². The summed E-state index contributed by atoms with van der Waals surface area (Å²) in [7, 11) is 0. The highest BCUT2D eigenvalue weighted by atomic mass is 32.1. The fourth-order valence-corrected chi connectivity index (χ4v) is 5.61. The molecule has 0 saturated carbocycles. The summed E-state index contributed by atoms with van der Waals surface area (Å²) in [5, 5.41) is 0.995. The van der Waals surface area contributed by atoms with E-state index in [1.807, 2.05) is 23.1 Å². The number of amides is 3. The maximum absolute atomic E-state index is 13.1. The summed E-state index contributed by atoms with van der Waals surface area (Å²) in [4.78, 5) is 46.1. The summed E-state index contributed by atoms with van der Waals surface area (Å²) in [5.74, 6) is -0.461. The third-order valence-corrected chi connectivity index (χ3v) is 7.21. The first-order chi connectivity index (χ1) is 15.1. The zero-order chi connectivity index (χ0) is 21.4. The molecule has 1 fully saturated rings. The first-order valence-corrected chi connectivity index (χ1v) is 11.6. The first-order valence-electron chi connectivity index (χ1n) is 10.7. The van der Waals surface area contributed by atoms with E-state index in [2.05, 4.69) is 6.07 Å². The van der Waals surface area contributed by atoms with Crippen molar-refractivity contribution in [1.82, 2.24) is 14.8 Å². The van der Waals surface area contributed by atoms with Crippen LogP contribution in [0.4, 0.5) is 0 Å². The highest BCUT2D eigenvalue weighted by molar-refractivity contribution is 7.18. The number of likely N-dealkylation sites (tertiary alicyclic amines) is 1. The van der Waals surface area contributed by atoms with Crippen LogP contribution in [0.3, 0.4) is 0 Å². The minimum Gasteiger partial charge on any atom is -0.333 e. The molecule has 0 N–H and O–H groups in total. The van der Waals surface area contributed by atoms with Crippen LogP contribution in [0.25, 0.3) is 10.2 Å². The highest BCUT2D eigenvalue weighted by Gasteiger charge is 2.35. The summed E-state index contributed by atoms with van der Waals surface area (Å²) in [6.45, 7) is 0.990. The minimum atomic E-state index is -0.265. The molecule has 0 radical (unpaired) electrons. The van der Waals surface area contributed by atoms with Gasteiger partial charge in [-0.2, -0.15) is 0 Å². The van der Waals surface area contributed by atoms with Crippen LogP contribution in [0.15, 0.2) is 48.5 Å². The van der Waals surface area contributed by atoms with Crippen molar-refractivity contribution in [2.45, 2.75) is 38.1 Å². The number of carbonyl (C=O) groups is 3. The molecule has 1 atom stereocenters. The summed E-state index contributed by atoms with van der Waals surface area (Å²) in [6, 6.07) is 14.9. The summed E-state index contributed by atoms with van der Waals surface area (Å²) in [6.07, 6.45) is 3.77. The molecule has 0 unspecified atom stereocenters. The Morgan fingerprint density at radius 1 is 1.00 bits per heavy atom. The lowest BCUT2D eigenvalue weighted by Crippen LogP contribution is -2.39. The monoisotopic (exact) mass is 433 g/mol. The molecular formula is C24H23N3O3S. The third kappa shape index (κ3) is 3.63. The molecule has 1 aromatic heterocycles. The van der Waals surface area contributed by atoms with Crippen LogP contribution in [-0.2, 0) is 4.79 Å². The number of benzene rings is 2. The van der Waals surface area contributed by atoms with Crippen molar-refractivity contribution in [2.75, 3.05) is 13.1 Å². The number of hydrogen-bond acceptors (Lipinski definition) is 5. The molecule has 2 aromatic carbocycles. The predicted octanol–water partition coefficient (Wildman–Crippen LogP) is 4.43. The van der Waals surface area contributed by atoms with Gasteiger partial charge in [0.15, 0.2) is 0 Å². The van der Waals surface area contributed by atoms with Gasteiger partial charge >= 0.3 is 0 Å². The fraction of sp³-hybridized carbons (Fsp3) is 0.333. The number of para-hydroxylation sites is 1. The summed E-state index contributed by atoms with van der Waals surface area (Å²) < 4.78 is 1.14. The number of piperidine rings is 1. The number of thiazole rings is 1. The molecule has 31 heavy (non-hydrogen) atoms. The molecule has 2 aliphatic heterocycles. The Hall–Kier alpha value is -3.06. The molecule has 3 amide bonds. The van der Waals surface area contributed by atoms with Gasteiger partial charge < -0.3 is 4.90 Å². The second-order valence-corrected chi connectivity index (χ2v) is 9.09. The van der Waals surface area contributed by atoms with E-state index in [1.54, 1.807) is 35.6 Å². The molecule has 3 heterocycles.